The van der Waals surface area contributed by atoms with Gasteiger partial charge in [-0.2, -0.15) is 0 Å². The van der Waals surface area contributed by atoms with Gasteiger partial charge in [0.15, 0.2) is 5.78 Å². The van der Waals surface area contributed by atoms with Gasteiger partial charge in [-0.3, -0.25) is 14.5 Å². The first kappa shape index (κ1) is 18.1. The van der Waals surface area contributed by atoms with Crippen molar-refractivity contribution in [3.63, 3.8) is 0 Å². The smallest absolute Gasteiger partial charge is 0.325 e. The molecule has 0 spiro atoms. The molecule has 134 valence electrons. The molecule has 1 unspecified atom stereocenters. The molecule has 1 aliphatic heterocycles. The summed E-state index contributed by atoms with van der Waals surface area (Å²) in [4.78, 5) is 38.8. The molecule has 2 aromatic carbocycles. The molecule has 0 aliphatic carbocycles. The first-order valence-corrected chi connectivity index (χ1v) is 8.72. The first-order valence-electron chi connectivity index (χ1n) is 7.93. The normalized spacial score (nSPS) is 19.4. The van der Waals surface area contributed by atoms with Crippen LogP contribution in [0.4, 0.5) is 4.79 Å². The molecule has 0 aromatic heterocycles. The number of Topliss-reactive ketones (excluding diaryl/α,β-unsaturated/α-hetero) is 1. The molecular weight excluding hydrogens is 400 g/mol. The van der Waals surface area contributed by atoms with Gasteiger partial charge in [0.1, 0.15) is 11.3 Å². The van der Waals surface area contributed by atoms with E-state index in [0.717, 1.165) is 9.37 Å². The molecule has 3 amide bonds. The Morgan fingerprint density at radius 3 is 2.62 bits per heavy atom. The number of benzene rings is 2. The predicted octanol–water partition coefficient (Wildman–Crippen LogP) is 3.11. The van der Waals surface area contributed by atoms with Crippen LogP contribution in [0.5, 0.6) is 5.75 Å². The van der Waals surface area contributed by atoms with Crippen LogP contribution in [0.15, 0.2) is 53.0 Å². The van der Waals surface area contributed by atoms with Crippen molar-refractivity contribution in [2.75, 3.05) is 13.7 Å². The Balaban J connectivity index is 1.87. The summed E-state index contributed by atoms with van der Waals surface area (Å²) in [5, 5.41) is 2.69. The third-order valence-electron chi connectivity index (χ3n) is 4.39. The number of nitrogens with one attached hydrogen (secondary N) is 1. The van der Waals surface area contributed by atoms with E-state index in [4.69, 9.17) is 4.74 Å². The zero-order valence-electron chi connectivity index (χ0n) is 14.3. The van der Waals surface area contributed by atoms with Gasteiger partial charge in [-0.1, -0.05) is 40.2 Å². The van der Waals surface area contributed by atoms with Gasteiger partial charge in [-0.15, -0.1) is 0 Å². The highest BCUT2D eigenvalue weighted by molar-refractivity contribution is 9.10. The summed E-state index contributed by atoms with van der Waals surface area (Å²) < 4.78 is 5.97. The van der Waals surface area contributed by atoms with Crippen LogP contribution in [-0.4, -0.2) is 36.3 Å². The number of halogens is 1. The van der Waals surface area contributed by atoms with Crippen molar-refractivity contribution in [3.8, 4) is 5.75 Å². The molecule has 0 saturated carbocycles. The minimum absolute atomic E-state index is 0.326. The number of ketones is 1. The number of urea groups is 1. The van der Waals surface area contributed by atoms with E-state index in [0.29, 0.717) is 16.9 Å². The molecule has 1 atom stereocenters. The number of nitrogens with zero attached hydrogens (tertiary/aromatic N) is 1. The Kier molecular flexibility index (Phi) is 4.82. The lowest BCUT2D eigenvalue weighted by atomic mass is 9.92. The van der Waals surface area contributed by atoms with Crippen molar-refractivity contribution in [2.24, 2.45) is 0 Å². The molecule has 6 nitrogen and oxygen atoms in total. The van der Waals surface area contributed by atoms with Gasteiger partial charge >= 0.3 is 6.03 Å². The average Bonchev–Trinajstić information content (AvgIpc) is 2.85. The van der Waals surface area contributed by atoms with Crippen molar-refractivity contribution in [3.05, 3.63) is 64.1 Å². The highest BCUT2D eigenvalue weighted by atomic mass is 79.9. The molecule has 1 N–H and O–H groups in total. The fourth-order valence-electron chi connectivity index (χ4n) is 2.94. The fourth-order valence-corrected chi connectivity index (χ4v) is 3.34. The molecule has 1 heterocycles. The SMILES string of the molecule is COc1ccccc1C(=O)CN1C(=O)NC(C)(c2cccc(Br)c2)C1=O. The molecule has 0 bridgehead atoms. The van der Waals surface area contributed by atoms with E-state index < -0.39 is 17.5 Å². The summed E-state index contributed by atoms with van der Waals surface area (Å²) in [6.45, 7) is 1.28. The maximum atomic E-state index is 12.9. The third kappa shape index (κ3) is 3.10. The Morgan fingerprint density at radius 1 is 1.19 bits per heavy atom. The lowest BCUT2D eigenvalue weighted by Gasteiger charge is -2.22. The fraction of sp³-hybridized carbons (Fsp3) is 0.211. The molecule has 7 heteroatoms. The molecular formula is C19H17BrN2O4. The molecule has 1 fully saturated rings. The topological polar surface area (TPSA) is 75.7 Å². The summed E-state index contributed by atoms with van der Waals surface area (Å²) in [7, 11) is 1.46. The third-order valence-corrected chi connectivity index (χ3v) is 4.88. The van der Waals surface area contributed by atoms with Gasteiger partial charge in [0, 0.05) is 4.47 Å². The summed E-state index contributed by atoms with van der Waals surface area (Å²) in [5.74, 6) is -0.437. The number of rotatable bonds is 5. The first-order chi connectivity index (χ1) is 12.4. The van der Waals surface area contributed by atoms with Gasteiger partial charge in [0.05, 0.1) is 19.2 Å². The van der Waals surface area contributed by atoms with Gasteiger partial charge in [-0.25, -0.2) is 4.79 Å². The number of amides is 3. The van der Waals surface area contributed by atoms with Gasteiger partial charge < -0.3 is 10.1 Å². The van der Waals surface area contributed by atoms with E-state index in [1.54, 1.807) is 49.4 Å². The van der Waals surface area contributed by atoms with Crippen LogP contribution in [0.1, 0.15) is 22.8 Å². The number of imide groups is 1. The van der Waals surface area contributed by atoms with Crippen LogP contribution in [-0.2, 0) is 10.3 Å². The maximum Gasteiger partial charge on any atom is 0.325 e. The minimum atomic E-state index is -1.22. The molecule has 26 heavy (non-hydrogen) atoms. The van der Waals surface area contributed by atoms with Crippen LogP contribution >= 0.6 is 15.9 Å². The van der Waals surface area contributed by atoms with Gasteiger partial charge in [-0.05, 0) is 36.8 Å². The van der Waals surface area contributed by atoms with E-state index in [-0.39, 0.29) is 12.3 Å². The molecule has 1 saturated heterocycles. The second-order valence-corrected chi connectivity index (χ2v) is 7.00. The Bertz CT molecular complexity index is 899. The van der Waals surface area contributed by atoms with E-state index in [9.17, 15) is 14.4 Å². The number of hydrogen-bond donors (Lipinski definition) is 1. The van der Waals surface area contributed by atoms with Crippen LogP contribution in [0.25, 0.3) is 0 Å². The number of ether oxygens (including phenoxy) is 1. The summed E-state index contributed by atoms with van der Waals surface area (Å²) in [6.07, 6.45) is 0. The van der Waals surface area contributed by atoms with E-state index in [1.807, 2.05) is 6.07 Å². The van der Waals surface area contributed by atoms with Crippen molar-refractivity contribution < 1.29 is 19.1 Å². The van der Waals surface area contributed by atoms with Crippen molar-refractivity contribution >= 4 is 33.7 Å². The van der Waals surface area contributed by atoms with Crippen molar-refractivity contribution in [1.29, 1.82) is 0 Å². The van der Waals surface area contributed by atoms with Crippen LogP contribution in [0.3, 0.4) is 0 Å². The molecule has 1 aliphatic rings. The Hall–Kier alpha value is -2.67. The lowest BCUT2D eigenvalue weighted by Crippen LogP contribution is -2.41. The summed E-state index contributed by atoms with van der Waals surface area (Å²) in [6, 6.07) is 13.3. The molecule has 3 rings (SSSR count). The quantitative estimate of drug-likeness (QED) is 0.599. The number of carbonyl (C=O) groups excluding carboxylic acids is 3. The minimum Gasteiger partial charge on any atom is -0.496 e. The maximum absolute atomic E-state index is 12.9. The van der Waals surface area contributed by atoms with Crippen molar-refractivity contribution in [1.82, 2.24) is 10.2 Å². The van der Waals surface area contributed by atoms with Gasteiger partial charge in [0.25, 0.3) is 5.91 Å². The zero-order valence-corrected chi connectivity index (χ0v) is 15.9. The number of para-hydroxylation sites is 1. The second kappa shape index (κ2) is 6.92. The summed E-state index contributed by atoms with van der Waals surface area (Å²) in [5.41, 5.74) is -0.258. The monoisotopic (exact) mass is 416 g/mol. The average molecular weight is 417 g/mol. The van der Waals surface area contributed by atoms with E-state index >= 15 is 0 Å². The predicted molar refractivity (Wildman–Crippen MR) is 99.1 cm³/mol. The highest BCUT2D eigenvalue weighted by Gasteiger charge is 2.49. The largest absolute Gasteiger partial charge is 0.496 e. The highest BCUT2D eigenvalue weighted by Crippen LogP contribution is 2.30. The Morgan fingerprint density at radius 2 is 1.92 bits per heavy atom. The summed E-state index contributed by atoms with van der Waals surface area (Å²) >= 11 is 3.36. The number of hydrogen-bond acceptors (Lipinski definition) is 4. The van der Waals surface area contributed by atoms with Gasteiger partial charge in [0.2, 0.25) is 0 Å². The lowest BCUT2D eigenvalue weighted by molar-refractivity contribution is -0.130. The van der Waals surface area contributed by atoms with E-state index in [2.05, 4.69) is 21.2 Å². The molecule has 0 radical (unpaired) electrons. The Labute approximate surface area is 159 Å². The second-order valence-electron chi connectivity index (χ2n) is 6.08. The number of carbonyl (C=O) groups is 3. The van der Waals surface area contributed by atoms with Crippen LogP contribution in [0, 0.1) is 0 Å². The van der Waals surface area contributed by atoms with Crippen molar-refractivity contribution in [2.45, 2.75) is 12.5 Å². The zero-order chi connectivity index (χ0) is 18.9. The standard InChI is InChI=1S/C19H17BrN2O4/c1-19(12-6-5-7-13(20)10-12)17(24)22(18(25)21-19)11-15(23)14-8-3-4-9-16(14)26-2/h3-10H,11H2,1-2H3,(H,21,25). The van der Waals surface area contributed by atoms with Crippen LogP contribution in [0.2, 0.25) is 0 Å². The molecule has 2 aromatic rings. The van der Waals surface area contributed by atoms with E-state index in [1.165, 1.54) is 7.11 Å². The van der Waals surface area contributed by atoms with Crippen LogP contribution < -0.4 is 10.1 Å². The number of methoxy groups -OCH3 is 1.